The number of phenols is 2. The lowest BCUT2D eigenvalue weighted by atomic mass is 9.91. The number of likely N-dealkylation sites (tertiary alicyclic amines) is 1. The van der Waals surface area contributed by atoms with Gasteiger partial charge in [-0.3, -0.25) is 35.0 Å². The normalized spacial score (nSPS) is 15.8. The zero-order valence-corrected chi connectivity index (χ0v) is 46.0. The second kappa shape index (κ2) is 25.9. The molecule has 0 aliphatic carbocycles. The molecule has 3 aliphatic heterocycles. The maximum absolute atomic E-state index is 13.9. The highest BCUT2D eigenvalue weighted by Gasteiger charge is 2.34. The third kappa shape index (κ3) is 14.1. The number of aryl methyl sites for hydroxylation is 2. The molecule has 0 radical (unpaired) electrons. The van der Waals surface area contributed by atoms with Crippen molar-refractivity contribution in [2.45, 2.75) is 65.6 Å². The molecule has 3 amide bonds. The van der Waals surface area contributed by atoms with Gasteiger partial charge >= 0.3 is 6.18 Å². The van der Waals surface area contributed by atoms with Crippen molar-refractivity contribution < 1.29 is 42.5 Å². The van der Waals surface area contributed by atoms with Gasteiger partial charge in [-0.15, -0.1) is 0 Å². The number of amidine groups is 2. The molecule has 0 spiro atoms. The molecule has 1 aromatic heterocycles. The maximum atomic E-state index is 13.9. The van der Waals surface area contributed by atoms with Gasteiger partial charge in [-0.05, 0) is 105 Å². The highest BCUT2D eigenvalue weighted by atomic mass is 19.4. The minimum atomic E-state index is -4.72. The van der Waals surface area contributed by atoms with Crippen LogP contribution < -0.4 is 35.0 Å². The van der Waals surface area contributed by atoms with Gasteiger partial charge in [0.05, 0.1) is 24.1 Å². The minimum absolute atomic E-state index is 0.0298. The Morgan fingerprint density at radius 2 is 1.54 bits per heavy atom. The van der Waals surface area contributed by atoms with E-state index in [2.05, 4.69) is 29.9 Å². The summed E-state index contributed by atoms with van der Waals surface area (Å²) in [4.78, 5) is 61.4. The number of hydrogen-bond donors (Lipinski definition) is 6. The fraction of sp³-hybridized carbons (Fsp3) is 0.431. The van der Waals surface area contributed by atoms with Crippen LogP contribution in [0, 0.1) is 29.6 Å². The van der Waals surface area contributed by atoms with E-state index in [1.165, 1.54) is 11.0 Å². The molecule has 3 fully saturated rings. The Bertz CT molecular complexity index is 3010. The van der Waals surface area contributed by atoms with Gasteiger partial charge in [-0.1, -0.05) is 37.3 Å². The number of halogens is 3. The molecule has 0 atom stereocenters. The molecule has 6 N–H and O–H groups in total. The summed E-state index contributed by atoms with van der Waals surface area (Å²) in [7, 11) is 3.58. The molecule has 0 saturated carbocycles. The number of carbonyl (C=O) groups is 3. The number of para-hydroxylation sites is 1. The second-order valence-corrected chi connectivity index (χ2v) is 20.7. The smallest absolute Gasteiger partial charge is 0.405 e. The van der Waals surface area contributed by atoms with Crippen LogP contribution in [0.2, 0.25) is 0 Å². The number of ether oxygens (including phenoxy) is 1. The van der Waals surface area contributed by atoms with Gasteiger partial charge in [0.2, 0.25) is 18.3 Å². The van der Waals surface area contributed by atoms with Gasteiger partial charge in [-0.25, -0.2) is 4.98 Å². The molecule has 80 heavy (non-hydrogen) atoms. The number of aromatic nitrogens is 2. The Hall–Kier alpha value is -7.98. The lowest BCUT2D eigenvalue weighted by Crippen LogP contribution is -2.49. The van der Waals surface area contributed by atoms with Crippen LogP contribution in [0.15, 0.2) is 85.1 Å². The van der Waals surface area contributed by atoms with Gasteiger partial charge < -0.3 is 50.1 Å². The highest BCUT2D eigenvalue weighted by Crippen LogP contribution is 2.38. The molecule has 5 aromatic rings. The first-order valence-electron chi connectivity index (χ1n) is 27.2. The van der Waals surface area contributed by atoms with Crippen molar-refractivity contribution in [2.24, 2.45) is 11.8 Å². The van der Waals surface area contributed by atoms with Crippen LogP contribution in [0.5, 0.6) is 17.2 Å². The Balaban J connectivity index is 0.796. The summed E-state index contributed by atoms with van der Waals surface area (Å²) in [5, 5.41) is 43.5. The largest absolute Gasteiger partial charge is 0.508 e. The molecule has 426 valence electrons. The van der Waals surface area contributed by atoms with Crippen molar-refractivity contribution in [3.8, 4) is 17.2 Å². The van der Waals surface area contributed by atoms with E-state index in [1.54, 1.807) is 49.8 Å². The summed E-state index contributed by atoms with van der Waals surface area (Å²) in [5.41, 5.74) is 5.61. The Labute approximate surface area is 465 Å². The molecule has 4 aromatic carbocycles. The molecule has 19 nitrogen and oxygen atoms in total. The van der Waals surface area contributed by atoms with Crippen LogP contribution in [-0.2, 0) is 27.3 Å². The Morgan fingerprint density at radius 3 is 2.19 bits per heavy atom. The molecule has 4 heterocycles. The number of alkyl halides is 3. The van der Waals surface area contributed by atoms with Gasteiger partial charge in [0.1, 0.15) is 35.3 Å². The van der Waals surface area contributed by atoms with Gasteiger partial charge in [0.15, 0.2) is 11.7 Å². The summed E-state index contributed by atoms with van der Waals surface area (Å²) < 4.78 is 45.1. The number of carbonyl (C=O) groups excluding carboxylic acids is 3. The highest BCUT2D eigenvalue weighted by molar-refractivity contribution is 6.48. The molecular formula is C58H72F3N13O6. The van der Waals surface area contributed by atoms with E-state index in [4.69, 9.17) is 20.5 Å². The van der Waals surface area contributed by atoms with Crippen molar-refractivity contribution in [1.29, 1.82) is 10.8 Å². The van der Waals surface area contributed by atoms with E-state index in [9.17, 15) is 37.8 Å². The number of nitrogens with zero attached hydrogens (tertiary/aromatic N) is 9. The third-order valence-electron chi connectivity index (χ3n) is 15.3. The van der Waals surface area contributed by atoms with Crippen LogP contribution in [0.25, 0.3) is 0 Å². The lowest BCUT2D eigenvalue weighted by molar-refractivity contribution is -0.137. The van der Waals surface area contributed by atoms with Crippen molar-refractivity contribution in [3.05, 3.63) is 107 Å². The topological polar surface area (TPSA) is 221 Å². The monoisotopic (exact) mass is 1100 g/mol. The van der Waals surface area contributed by atoms with Crippen molar-refractivity contribution in [3.63, 3.8) is 0 Å². The third-order valence-corrected chi connectivity index (χ3v) is 15.3. The molecule has 0 unspecified atom stereocenters. The lowest BCUT2D eigenvalue weighted by Gasteiger charge is -2.40. The molecule has 8 rings (SSSR count). The molecule has 3 aliphatic rings. The van der Waals surface area contributed by atoms with Crippen LogP contribution in [0.1, 0.15) is 61.8 Å². The van der Waals surface area contributed by atoms with E-state index in [1.807, 2.05) is 68.3 Å². The van der Waals surface area contributed by atoms with Crippen LogP contribution in [0.3, 0.4) is 0 Å². The molecule has 3 saturated heterocycles. The summed E-state index contributed by atoms with van der Waals surface area (Å²) in [6, 6.07) is 23.1. The molecule has 22 heteroatoms. The maximum Gasteiger partial charge on any atom is 0.405 e. The van der Waals surface area contributed by atoms with Crippen molar-refractivity contribution in [1.82, 2.24) is 30.0 Å². The van der Waals surface area contributed by atoms with Gasteiger partial charge in [-0.2, -0.15) is 18.2 Å². The summed E-state index contributed by atoms with van der Waals surface area (Å²) in [6.45, 7) is 12.5. The molecular weight excluding hydrogens is 1030 g/mol. The first kappa shape index (κ1) is 58.2. The van der Waals surface area contributed by atoms with Crippen molar-refractivity contribution >= 4 is 70.1 Å². The van der Waals surface area contributed by atoms with Gasteiger partial charge in [0.25, 0.3) is 5.91 Å². The molecule has 0 bridgehead atoms. The number of aromatic hydroxyl groups is 2. The number of amides is 3. The summed E-state index contributed by atoms with van der Waals surface area (Å²) >= 11 is 0. The SMILES string of the molecule is CCOc1cc(N2CCC(C(=O)N3CCC(CN4CCN(Cc5ccc(N(C(=N)C(=O)NCC(F)(F)F)C(=N)c6cc(CC)c(O)cc6O)cc5)CC4)CC3)CC2)ccc1Nc1ncc(N(C)C=O)c(N(C)c2ccccc2C)n1. The number of piperidine rings is 2. The zero-order valence-electron chi connectivity index (χ0n) is 46.0. The fourth-order valence-corrected chi connectivity index (χ4v) is 10.7. The Morgan fingerprint density at radius 1 is 0.850 bits per heavy atom. The minimum Gasteiger partial charge on any atom is -0.508 e. The summed E-state index contributed by atoms with van der Waals surface area (Å²) in [6.07, 6.45) is 1.41. The number of benzene rings is 4. The first-order valence-corrected chi connectivity index (χ1v) is 27.2. The van der Waals surface area contributed by atoms with E-state index in [-0.39, 0.29) is 28.8 Å². The number of piperazine rings is 1. The zero-order chi connectivity index (χ0) is 57.3. The standard InChI is InChI=1S/C58H72F3N13O6/c1-6-41-30-45(50(77)32-49(41)76)52(62)74(53(63)55(78)65-36-58(59,60)61)43-14-12-39(13-15-43)34-70-26-28-71(29-27-70)35-40-18-22-73(23-19-40)56(79)42-20-24-72(25-21-42)44-16-17-46(51(31-44)80-7-2)66-57-64-33-48(68(4)37-75)54(67-57)69(5)47-11-9-8-10-38(47)3/h8-17,30-33,37,40,42,62-63,76-77H,6-7,18-29,34-36H2,1-5H3,(H,65,78)(H,64,66,67). The van der Waals surface area contributed by atoms with Crippen LogP contribution in [-0.4, -0.2) is 157 Å². The number of anilines is 7. The Kier molecular flexibility index (Phi) is 18.8. The van der Waals surface area contributed by atoms with Gasteiger partial charge in [0, 0.05) is 115 Å². The van der Waals surface area contributed by atoms with E-state index < -0.39 is 36.0 Å². The quantitative estimate of drug-likeness (QED) is 0.0278. The average Bonchev–Trinajstić information content (AvgIpc) is 3.49. The fourth-order valence-electron chi connectivity index (χ4n) is 10.7. The number of nitrogens with one attached hydrogen (secondary N) is 4. The number of hydrogen-bond acceptors (Lipinski definition) is 15. The van der Waals surface area contributed by atoms with E-state index in [0.29, 0.717) is 59.9 Å². The van der Waals surface area contributed by atoms with Crippen molar-refractivity contribution in [2.75, 3.05) is 111 Å². The van der Waals surface area contributed by atoms with E-state index >= 15 is 0 Å². The predicted molar refractivity (Wildman–Crippen MR) is 304 cm³/mol. The summed E-state index contributed by atoms with van der Waals surface area (Å²) in [5.74, 6) is -1.28. The second-order valence-electron chi connectivity index (χ2n) is 20.7. The number of rotatable bonds is 18. The van der Waals surface area contributed by atoms with Crippen LogP contribution in [0.4, 0.5) is 53.4 Å². The van der Waals surface area contributed by atoms with Crippen LogP contribution >= 0.6 is 0 Å². The predicted octanol–water partition coefficient (Wildman–Crippen LogP) is 8.02. The average molecular weight is 1100 g/mol. The number of phenolic OH excluding ortho intramolecular Hbond substituents is 2. The van der Waals surface area contributed by atoms with E-state index in [0.717, 1.165) is 124 Å². The first-order chi connectivity index (χ1) is 38.3.